The summed E-state index contributed by atoms with van der Waals surface area (Å²) in [7, 11) is 0. The summed E-state index contributed by atoms with van der Waals surface area (Å²) in [4.78, 5) is 15.1. The minimum absolute atomic E-state index is 0.0992. The van der Waals surface area contributed by atoms with Gasteiger partial charge in [-0.05, 0) is 11.4 Å². The van der Waals surface area contributed by atoms with E-state index in [1.165, 1.54) is 0 Å². The summed E-state index contributed by atoms with van der Waals surface area (Å²) >= 11 is 0. The third-order valence-electron chi connectivity index (χ3n) is 1.81. The molecule has 0 radical (unpaired) electrons. The molecule has 1 amide bonds. The zero-order valence-corrected chi connectivity index (χ0v) is 6.40. The number of azide groups is 1. The zero-order chi connectivity index (χ0) is 8.27. The number of likely N-dealkylation sites (tertiary alicyclic amines) is 1. The van der Waals surface area contributed by atoms with E-state index in [1.807, 2.05) is 0 Å². The molecule has 0 aromatic heterocycles. The van der Waals surface area contributed by atoms with Gasteiger partial charge in [0.25, 0.3) is 0 Å². The van der Waals surface area contributed by atoms with Crippen molar-refractivity contribution < 1.29 is 4.79 Å². The molecule has 0 N–H and O–H groups in total. The van der Waals surface area contributed by atoms with Gasteiger partial charge in [-0.2, -0.15) is 0 Å². The summed E-state index contributed by atoms with van der Waals surface area (Å²) < 4.78 is 0. The van der Waals surface area contributed by atoms with Gasteiger partial charge in [0.15, 0.2) is 0 Å². The minimum Gasteiger partial charge on any atom is -0.342 e. The fraction of sp³-hybridized carbons (Fsp3) is 0.833. The third kappa shape index (κ3) is 1.85. The van der Waals surface area contributed by atoms with Crippen LogP contribution in [0.5, 0.6) is 0 Å². The molecule has 0 unspecified atom stereocenters. The number of nitrogens with zero attached hydrogens (tertiary/aromatic N) is 4. The van der Waals surface area contributed by atoms with Crippen molar-refractivity contribution in [2.45, 2.75) is 6.92 Å². The zero-order valence-electron chi connectivity index (χ0n) is 6.40. The average molecular weight is 154 g/mol. The molecule has 0 bridgehead atoms. The first-order valence-electron chi connectivity index (χ1n) is 3.50. The molecule has 11 heavy (non-hydrogen) atoms. The molecule has 1 saturated heterocycles. The quantitative estimate of drug-likeness (QED) is 0.329. The summed E-state index contributed by atoms with van der Waals surface area (Å²) in [5.74, 6) is 0.483. The highest BCUT2D eigenvalue weighted by atomic mass is 16.2. The molecule has 0 aliphatic carbocycles. The Morgan fingerprint density at radius 3 is 2.91 bits per heavy atom. The number of carbonyl (C=O) groups excluding carboxylic acids is 1. The van der Waals surface area contributed by atoms with E-state index in [-0.39, 0.29) is 5.91 Å². The minimum atomic E-state index is 0.0992. The first-order valence-corrected chi connectivity index (χ1v) is 3.50. The van der Waals surface area contributed by atoms with Crippen LogP contribution in [0.3, 0.4) is 0 Å². The van der Waals surface area contributed by atoms with E-state index in [0.717, 1.165) is 13.1 Å². The predicted molar refractivity (Wildman–Crippen MR) is 39.8 cm³/mol. The molecule has 1 aliphatic heterocycles. The van der Waals surface area contributed by atoms with Crippen LogP contribution in [0, 0.1) is 5.92 Å². The number of carbonyl (C=O) groups is 1. The Morgan fingerprint density at radius 2 is 2.45 bits per heavy atom. The van der Waals surface area contributed by atoms with Gasteiger partial charge < -0.3 is 4.90 Å². The van der Waals surface area contributed by atoms with E-state index in [4.69, 9.17) is 5.53 Å². The van der Waals surface area contributed by atoms with E-state index in [9.17, 15) is 4.79 Å². The normalized spacial score (nSPS) is 17.0. The van der Waals surface area contributed by atoms with Crippen LogP contribution in [0.15, 0.2) is 5.11 Å². The van der Waals surface area contributed by atoms with Gasteiger partial charge in [-0.1, -0.05) is 5.11 Å². The highest BCUT2D eigenvalue weighted by molar-refractivity contribution is 5.74. The Hall–Kier alpha value is -1.22. The molecule has 1 fully saturated rings. The summed E-state index contributed by atoms with van der Waals surface area (Å²) in [6.07, 6.45) is 0. The number of rotatable bonds is 2. The van der Waals surface area contributed by atoms with Gasteiger partial charge >= 0.3 is 0 Å². The lowest BCUT2D eigenvalue weighted by atomic mass is 10.0. The van der Waals surface area contributed by atoms with Crippen LogP contribution in [0.25, 0.3) is 10.4 Å². The van der Waals surface area contributed by atoms with Crippen LogP contribution in [-0.2, 0) is 4.79 Å². The smallest absolute Gasteiger partial charge is 0.219 e. The van der Waals surface area contributed by atoms with Gasteiger partial charge in [0, 0.05) is 31.5 Å². The maximum absolute atomic E-state index is 10.7. The molecule has 0 aromatic rings. The lowest BCUT2D eigenvalue weighted by molar-refractivity contribution is -0.134. The Labute approximate surface area is 64.6 Å². The molecule has 0 spiro atoms. The number of amides is 1. The fourth-order valence-corrected chi connectivity index (χ4v) is 1.09. The molecule has 5 nitrogen and oxygen atoms in total. The topological polar surface area (TPSA) is 69.1 Å². The maximum atomic E-state index is 10.7. The summed E-state index contributed by atoms with van der Waals surface area (Å²) in [5, 5.41) is 3.43. The SMILES string of the molecule is CC(=O)N1CC(CN=[N+]=[N-])C1. The maximum Gasteiger partial charge on any atom is 0.219 e. The Morgan fingerprint density at radius 1 is 1.82 bits per heavy atom. The van der Waals surface area contributed by atoms with Crippen molar-refractivity contribution >= 4 is 5.91 Å². The van der Waals surface area contributed by atoms with Crippen molar-refractivity contribution in [1.82, 2.24) is 4.90 Å². The average Bonchev–Trinajstić information content (AvgIpc) is 1.84. The third-order valence-corrected chi connectivity index (χ3v) is 1.81. The van der Waals surface area contributed by atoms with Crippen LogP contribution in [-0.4, -0.2) is 30.4 Å². The summed E-state index contributed by atoms with van der Waals surface area (Å²) in [6.45, 7) is 3.55. The molecule has 1 aliphatic rings. The first-order chi connectivity index (χ1) is 5.24. The monoisotopic (exact) mass is 154 g/mol. The summed E-state index contributed by atoms with van der Waals surface area (Å²) in [6, 6.07) is 0. The van der Waals surface area contributed by atoms with Gasteiger partial charge in [-0.25, -0.2) is 0 Å². The van der Waals surface area contributed by atoms with Crippen molar-refractivity contribution in [3.63, 3.8) is 0 Å². The lowest BCUT2D eigenvalue weighted by Gasteiger charge is -2.37. The predicted octanol–water partition coefficient (Wildman–Crippen LogP) is 0.775. The number of hydrogen-bond acceptors (Lipinski definition) is 2. The van der Waals surface area contributed by atoms with E-state index >= 15 is 0 Å². The van der Waals surface area contributed by atoms with Crippen LogP contribution in [0.2, 0.25) is 0 Å². The molecular weight excluding hydrogens is 144 g/mol. The molecule has 0 saturated carbocycles. The highest BCUT2D eigenvalue weighted by Gasteiger charge is 2.27. The molecule has 5 heteroatoms. The van der Waals surface area contributed by atoms with Gasteiger partial charge in [0.2, 0.25) is 5.91 Å². The molecular formula is C6H10N4O. The first kappa shape index (κ1) is 7.88. The van der Waals surface area contributed by atoms with Gasteiger partial charge in [0.1, 0.15) is 0 Å². The van der Waals surface area contributed by atoms with E-state index in [2.05, 4.69) is 10.0 Å². The largest absolute Gasteiger partial charge is 0.342 e. The molecule has 1 rings (SSSR count). The molecule has 60 valence electrons. The van der Waals surface area contributed by atoms with E-state index in [1.54, 1.807) is 11.8 Å². The summed E-state index contributed by atoms with van der Waals surface area (Å²) in [5.41, 5.74) is 7.99. The van der Waals surface area contributed by atoms with Crippen LogP contribution < -0.4 is 0 Å². The van der Waals surface area contributed by atoms with Crippen LogP contribution in [0.4, 0.5) is 0 Å². The van der Waals surface area contributed by atoms with Gasteiger partial charge in [-0.3, -0.25) is 4.79 Å². The lowest BCUT2D eigenvalue weighted by Crippen LogP contribution is -2.50. The molecule has 0 atom stereocenters. The Kier molecular flexibility index (Phi) is 2.33. The van der Waals surface area contributed by atoms with Crippen LogP contribution >= 0.6 is 0 Å². The van der Waals surface area contributed by atoms with Crippen molar-refractivity contribution in [3.05, 3.63) is 10.4 Å². The second-order valence-corrected chi connectivity index (χ2v) is 2.70. The second kappa shape index (κ2) is 3.25. The number of hydrogen-bond donors (Lipinski definition) is 0. The van der Waals surface area contributed by atoms with E-state index < -0.39 is 0 Å². The van der Waals surface area contributed by atoms with Crippen LogP contribution in [0.1, 0.15) is 6.92 Å². The van der Waals surface area contributed by atoms with Crippen molar-refractivity contribution in [2.75, 3.05) is 19.6 Å². The van der Waals surface area contributed by atoms with Crippen molar-refractivity contribution in [3.8, 4) is 0 Å². The second-order valence-electron chi connectivity index (χ2n) is 2.70. The van der Waals surface area contributed by atoms with Crippen molar-refractivity contribution in [2.24, 2.45) is 11.0 Å². The van der Waals surface area contributed by atoms with Gasteiger partial charge in [-0.15, -0.1) is 0 Å². The van der Waals surface area contributed by atoms with Crippen molar-refractivity contribution in [1.29, 1.82) is 0 Å². The molecule has 1 heterocycles. The fourth-order valence-electron chi connectivity index (χ4n) is 1.09. The van der Waals surface area contributed by atoms with E-state index in [0.29, 0.717) is 12.5 Å². The molecule has 0 aromatic carbocycles. The Bertz CT molecular complexity index is 203. The standard InChI is InChI=1S/C6H10N4O/c1-5(11)10-3-6(4-10)2-8-9-7/h6H,2-4H2,1H3. The Balaban J connectivity index is 2.19. The highest BCUT2D eigenvalue weighted by Crippen LogP contribution is 2.15. The van der Waals surface area contributed by atoms with Gasteiger partial charge in [0.05, 0.1) is 0 Å².